The summed E-state index contributed by atoms with van der Waals surface area (Å²) in [6.07, 6.45) is 3.34. The highest BCUT2D eigenvalue weighted by atomic mass is 19.2. The first-order chi connectivity index (χ1) is 12.5. The van der Waals surface area contributed by atoms with E-state index in [1.54, 1.807) is 12.4 Å². The number of nitrogens with one attached hydrogen (secondary N) is 1. The molecule has 0 bridgehead atoms. The summed E-state index contributed by atoms with van der Waals surface area (Å²) in [4.78, 5) is 16.7. The lowest BCUT2D eigenvalue weighted by Gasteiger charge is -2.13. The van der Waals surface area contributed by atoms with Gasteiger partial charge in [0.15, 0.2) is 11.6 Å². The molecule has 0 aliphatic heterocycles. The summed E-state index contributed by atoms with van der Waals surface area (Å²) in [6, 6.07) is 9.34. The minimum absolute atomic E-state index is 0.213. The lowest BCUT2D eigenvalue weighted by Crippen LogP contribution is -2.26. The highest BCUT2D eigenvalue weighted by Gasteiger charge is 2.18. The maximum Gasteiger partial charge on any atom is 0.268 e. The first-order valence-electron chi connectivity index (χ1n) is 8.23. The van der Waals surface area contributed by atoms with Gasteiger partial charge in [-0.1, -0.05) is 6.07 Å². The predicted molar refractivity (Wildman–Crippen MR) is 94.8 cm³/mol. The summed E-state index contributed by atoms with van der Waals surface area (Å²) in [7, 11) is 0. The molecule has 0 aliphatic carbocycles. The van der Waals surface area contributed by atoms with E-state index in [0.717, 1.165) is 29.0 Å². The van der Waals surface area contributed by atoms with Crippen LogP contribution in [0.2, 0.25) is 0 Å². The van der Waals surface area contributed by atoms with Crippen molar-refractivity contribution in [3.63, 3.8) is 0 Å². The molecule has 1 N–H and O–H groups in total. The quantitative estimate of drug-likeness (QED) is 0.758. The molecule has 134 valence electrons. The second-order valence-corrected chi connectivity index (χ2v) is 6.19. The minimum atomic E-state index is -0.896. The van der Waals surface area contributed by atoms with Crippen LogP contribution in [0.3, 0.4) is 0 Å². The summed E-state index contributed by atoms with van der Waals surface area (Å²) in [6.45, 7) is 4.41. The van der Waals surface area contributed by atoms with Crippen LogP contribution >= 0.6 is 0 Å². The van der Waals surface area contributed by atoms with Crippen molar-refractivity contribution in [3.05, 3.63) is 88.5 Å². The third kappa shape index (κ3) is 3.79. The number of halogens is 2. The number of aromatic nitrogens is 2. The molecule has 1 amide bonds. The van der Waals surface area contributed by atoms with Crippen LogP contribution in [0.25, 0.3) is 0 Å². The summed E-state index contributed by atoms with van der Waals surface area (Å²) in [5, 5.41) is 2.89. The van der Waals surface area contributed by atoms with Crippen LogP contribution in [-0.2, 0) is 13.1 Å². The Bertz CT molecular complexity index is 936. The molecule has 3 rings (SSSR count). The van der Waals surface area contributed by atoms with Crippen molar-refractivity contribution in [1.29, 1.82) is 0 Å². The number of carbonyl (C=O) groups excluding carboxylic acids is 1. The van der Waals surface area contributed by atoms with Gasteiger partial charge in [0, 0.05) is 31.2 Å². The molecule has 0 unspecified atom stereocenters. The number of nitrogens with zero attached hydrogens (tertiary/aromatic N) is 2. The summed E-state index contributed by atoms with van der Waals surface area (Å²) < 4.78 is 28.4. The monoisotopic (exact) mass is 355 g/mol. The Balaban J connectivity index is 1.83. The van der Waals surface area contributed by atoms with Gasteiger partial charge in [-0.25, -0.2) is 8.78 Å². The molecule has 26 heavy (non-hydrogen) atoms. The third-order valence-corrected chi connectivity index (χ3v) is 4.24. The van der Waals surface area contributed by atoms with Gasteiger partial charge in [0.2, 0.25) is 0 Å². The van der Waals surface area contributed by atoms with Crippen LogP contribution in [0, 0.1) is 25.5 Å². The number of rotatable bonds is 5. The van der Waals surface area contributed by atoms with E-state index in [4.69, 9.17) is 0 Å². The van der Waals surface area contributed by atoms with Gasteiger partial charge in [-0.15, -0.1) is 0 Å². The van der Waals surface area contributed by atoms with Crippen molar-refractivity contribution in [2.45, 2.75) is 26.9 Å². The Kier molecular flexibility index (Phi) is 5.11. The smallest absolute Gasteiger partial charge is 0.268 e. The normalized spacial score (nSPS) is 10.8. The summed E-state index contributed by atoms with van der Waals surface area (Å²) in [5.41, 5.74) is 3.76. The van der Waals surface area contributed by atoms with Crippen molar-refractivity contribution in [2.24, 2.45) is 0 Å². The van der Waals surface area contributed by atoms with Gasteiger partial charge in [0.25, 0.3) is 5.91 Å². The highest BCUT2D eigenvalue weighted by molar-refractivity contribution is 5.94. The van der Waals surface area contributed by atoms with Crippen molar-refractivity contribution in [3.8, 4) is 0 Å². The molecule has 1 aromatic carbocycles. The standard InChI is InChI=1S/C20H19F2N3O/c1-13-9-14(2)25(12-16-3-4-17(21)18(22)10-16)19(13)20(26)24-11-15-5-7-23-8-6-15/h3-10H,11-12H2,1-2H3,(H,24,26). The molecule has 4 nitrogen and oxygen atoms in total. The Morgan fingerprint density at radius 2 is 1.77 bits per heavy atom. The van der Waals surface area contributed by atoms with E-state index in [2.05, 4.69) is 10.3 Å². The zero-order valence-corrected chi connectivity index (χ0v) is 14.6. The number of aryl methyl sites for hydroxylation is 2. The van der Waals surface area contributed by atoms with Crippen LogP contribution in [0.4, 0.5) is 8.78 Å². The number of hydrogen-bond acceptors (Lipinski definition) is 2. The lowest BCUT2D eigenvalue weighted by molar-refractivity contribution is 0.0941. The van der Waals surface area contributed by atoms with Crippen molar-refractivity contribution in [2.75, 3.05) is 0 Å². The van der Waals surface area contributed by atoms with Gasteiger partial charge in [-0.3, -0.25) is 9.78 Å². The molecule has 0 saturated heterocycles. The fraction of sp³-hybridized carbons (Fsp3) is 0.200. The fourth-order valence-electron chi connectivity index (χ4n) is 2.94. The van der Waals surface area contributed by atoms with Crippen molar-refractivity contribution < 1.29 is 13.6 Å². The van der Waals surface area contributed by atoms with E-state index in [-0.39, 0.29) is 12.5 Å². The average Bonchev–Trinajstić information content (AvgIpc) is 2.90. The largest absolute Gasteiger partial charge is 0.347 e. The number of pyridine rings is 1. The van der Waals surface area contributed by atoms with Gasteiger partial charge in [0.05, 0.1) is 0 Å². The number of benzene rings is 1. The molecule has 0 saturated carbocycles. The fourth-order valence-corrected chi connectivity index (χ4v) is 2.94. The molecule has 0 spiro atoms. The number of carbonyl (C=O) groups is 1. The molecular formula is C20H19F2N3O. The second kappa shape index (κ2) is 7.47. The van der Waals surface area contributed by atoms with Gasteiger partial charge >= 0.3 is 0 Å². The third-order valence-electron chi connectivity index (χ3n) is 4.24. The van der Waals surface area contributed by atoms with Gasteiger partial charge in [-0.05, 0) is 60.9 Å². The van der Waals surface area contributed by atoms with E-state index >= 15 is 0 Å². The topological polar surface area (TPSA) is 46.9 Å². The highest BCUT2D eigenvalue weighted by Crippen LogP contribution is 2.18. The van der Waals surface area contributed by atoms with Crippen LogP contribution in [-0.4, -0.2) is 15.5 Å². The number of amides is 1. The molecule has 3 aromatic rings. The van der Waals surface area contributed by atoms with E-state index < -0.39 is 11.6 Å². The van der Waals surface area contributed by atoms with Crippen LogP contribution in [0.1, 0.15) is 32.9 Å². The summed E-state index contributed by atoms with van der Waals surface area (Å²) >= 11 is 0. The lowest BCUT2D eigenvalue weighted by atomic mass is 10.2. The molecular weight excluding hydrogens is 336 g/mol. The molecule has 0 fully saturated rings. The maximum atomic E-state index is 13.5. The number of hydrogen-bond donors (Lipinski definition) is 1. The van der Waals surface area contributed by atoms with Crippen molar-refractivity contribution >= 4 is 5.91 Å². The molecule has 6 heteroatoms. The van der Waals surface area contributed by atoms with Gasteiger partial charge in [0.1, 0.15) is 5.69 Å². The molecule has 0 aliphatic rings. The Hall–Kier alpha value is -3.02. The Labute approximate surface area is 150 Å². The minimum Gasteiger partial charge on any atom is -0.347 e. The first-order valence-corrected chi connectivity index (χ1v) is 8.23. The SMILES string of the molecule is Cc1cc(C)n(Cc2ccc(F)c(F)c2)c1C(=O)NCc1ccncc1. The summed E-state index contributed by atoms with van der Waals surface area (Å²) in [5.74, 6) is -1.99. The Morgan fingerprint density at radius 3 is 2.46 bits per heavy atom. The van der Waals surface area contributed by atoms with E-state index in [0.29, 0.717) is 17.8 Å². The first kappa shape index (κ1) is 17.8. The van der Waals surface area contributed by atoms with E-state index in [1.807, 2.05) is 36.6 Å². The second-order valence-electron chi connectivity index (χ2n) is 6.19. The maximum absolute atomic E-state index is 13.5. The Morgan fingerprint density at radius 1 is 1.04 bits per heavy atom. The van der Waals surface area contributed by atoms with Crippen LogP contribution in [0.5, 0.6) is 0 Å². The average molecular weight is 355 g/mol. The molecule has 0 radical (unpaired) electrons. The zero-order chi connectivity index (χ0) is 18.7. The zero-order valence-electron chi connectivity index (χ0n) is 14.6. The van der Waals surface area contributed by atoms with Crippen LogP contribution in [0.15, 0.2) is 48.8 Å². The van der Waals surface area contributed by atoms with Gasteiger partial charge in [-0.2, -0.15) is 0 Å². The van der Waals surface area contributed by atoms with E-state index in [9.17, 15) is 13.6 Å². The molecule has 0 atom stereocenters. The molecule has 2 heterocycles. The van der Waals surface area contributed by atoms with E-state index in [1.165, 1.54) is 6.07 Å². The van der Waals surface area contributed by atoms with Crippen molar-refractivity contribution in [1.82, 2.24) is 14.9 Å². The predicted octanol–water partition coefficient (Wildman–Crippen LogP) is 3.76. The van der Waals surface area contributed by atoms with Gasteiger partial charge < -0.3 is 9.88 Å². The molecule has 2 aromatic heterocycles. The van der Waals surface area contributed by atoms with Crippen LogP contribution < -0.4 is 5.32 Å².